The number of nitrogens with one attached hydrogen (secondary N) is 1. The lowest BCUT2D eigenvalue weighted by Gasteiger charge is -2.05. The number of carbonyl (C=O) groups is 1. The zero-order chi connectivity index (χ0) is 18.5. The van der Waals surface area contributed by atoms with Crippen molar-refractivity contribution in [2.24, 2.45) is 0 Å². The first-order valence-electron chi connectivity index (χ1n) is 7.41. The Morgan fingerprint density at radius 2 is 2.04 bits per heavy atom. The molecule has 0 spiro atoms. The van der Waals surface area contributed by atoms with Gasteiger partial charge in [0.25, 0.3) is 5.91 Å². The molecule has 0 unspecified atom stereocenters. The average Bonchev–Trinajstić information content (AvgIpc) is 3.08. The van der Waals surface area contributed by atoms with E-state index in [1.165, 1.54) is 48.4 Å². The van der Waals surface area contributed by atoms with Crippen molar-refractivity contribution in [3.8, 4) is 5.75 Å². The number of hydrogen-bond acceptors (Lipinski definition) is 6. The summed E-state index contributed by atoms with van der Waals surface area (Å²) in [5.41, 5.74) is 1.37. The number of ether oxygens (including phenoxy) is 1. The maximum absolute atomic E-state index is 12.9. The van der Waals surface area contributed by atoms with E-state index in [1.54, 1.807) is 24.3 Å². The number of aromatic nitrogens is 2. The van der Waals surface area contributed by atoms with Gasteiger partial charge in [-0.25, -0.2) is 4.39 Å². The molecule has 3 aromatic rings. The predicted molar refractivity (Wildman–Crippen MR) is 102 cm³/mol. The molecular weight excluding hydrogens is 397 g/mol. The number of amides is 1. The molecule has 0 bridgehead atoms. The summed E-state index contributed by atoms with van der Waals surface area (Å²) in [5, 5.41) is 11.4. The first-order chi connectivity index (χ1) is 12.5. The molecular formula is C17H13ClFN3O2S2. The Labute approximate surface area is 162 Å². The van der Waals surface area contributed by atoms with E-state index < -0.39 is 0 Å². The molecule has 5 nitrogen and oxygen atoms in total. The molecule has 0 atom stereocenters. The van der Waals surface area contributed by atoms with E-state index in [0.717, 1.165) is 5.56 Å². The summed E-state index contributed by atoms with van der Waals surface area (Å²) in [5.74, 6) is 0.537. The SMILES string of the molecule is COc1ccc(C(=O)Nc2nnc(SCc3ccc(F)cc3)s2)cc1Cl. The minimum absolute atomic E-state index is 0.265. The number of methoxy groups -OCH3 is 1. The van der Waals surface area contributed by atoms with Crippen LogP contribution in [0.4, 0.5) is 9.52 Å². The fraction of sp³-hybridized carbons (Fsp3) is 0.118. The van der Waals surface area contributed by atoms with Crippen LogP contribution in [-0.2, 0) is 5.75 Å². The normalized spacial score (nSPS) is 10.6. The first kappa shape index (κ1) is 18.6. The summed E-state index contributed by atoms with van der Waals surface area (Å²) in [6.07, 6.45) is 0. The smallest absolute Gasteiger partial charge is 0.257 e. The summed E-state index contributed by atoms with van der Waals surface area (Å²) >= 11 is 8.76. The number of benzene rings is 2. The van der Waals surface area contributed by atoms with Crippen molar-refractivity contribution in [3.63, 3.8) is 0 Å². The van der Waals surface area contributed by atoms with Crippen LogP contribution in [-0.4, -0.2) is 23.2 Å². The molecule has 134 valence electrons. The lowest BCUT2D eigenvalue weighted by Crippen LogP contribution is -2.11. The summed E-state index contributed by atoms with van der Waals surface area (Å²) in [6.45, 7) is 0. The largest absolute Gasteiger partial charge is 0.495 e. The van der Waals surface area contributed by atoms with Crippen molar-refractivity contribution < 1.29 is 13.9 Å². The molecule has 0 aliphatic carbocycles. The van der Waals surface area contributed by atoms with E-state index in [0.29, 0.717) is 31.6 Å². The van der Waals surface area contributed by atoms with Gasteiger partial charge in [-0.1, -0.05) is 46.8 Å². The van der Waals surface area contributed by atoms with Gasteiger partial charge in [-0.15, -0.1) is 10.2 Å². The average molecular weight is 410 g/mol. The lowest BCUT2D eigenvalue weighted by molar-refractivity contribution is 0.102. The van der Waals surface area contributed by atoms with Crippen LogP contribution in [0, 0.1) is 5.82 Å². The quantitative estimate of drug-likeness (QED) is 0.464. The fourth-order valence-corrected chi connectivity index (χ4v) is 3.98. The Kier molecular flexibility index (Phi) is 6.08. The molecule has 3 rings (SSSR count). The van der Waals surface area contributed by atoms with Crippen LogP contribution in [0.1, 0.15) is 15.9 Å². The minimum atomic E-state index is -0.333. The Balaban J connectivity index is 1.60. The maximum atomic E-state index is 12.9. The van der Waals surface area contributed by atoms with Crippen molar-refractivity contribution in [2.75, 3.05) is 12.4 Å². The molecule has 0 radical (unpaired) electrons. The van der Waals surface area contributed by atoms with Gasteiger partial charge in [0.15, 0.2) is 4.34 Å². The van der Waals surface area contributed by atoms with Crippen molar-refractivity contribution in [1.82, 2.24) is 10.2 Å². The van der Waals surface area contributed by atoms with E-state index in [2.05, 4.69) is 15.5 Å². The van der Waals surface area contributed by atoms with Crippen LogP contribution in [0.5, 0.6) is 5.75 Å². The molecule has 1 heterocycles. The number of carbonyl (C=O) groups excluding carboxylic acids is 1. The number of hydrogen-bond donors (Lipinski definition) is 1. The third-order valence-electron chi connectivity index (χ3n) is 3.32. The van der Waals surface area contributed by atoms with Crippen LogP contribution < -0.4 is 10.1 Å². The van der Waals surface area contributed by atoms with Crippen LogP contribution in [0.2, 0.25) is 5.02 Å². The molecule has 1 aromatic heterocycles. The summed E-state index contributed by atoms with van der Waals surface area (Å²) in [4.78, 5) is 12.3. The molecule has 0 saturated carbocycles. The van der Waals surface area contributed by atoms with Crippen LogP contribution in [0.25, 0.3) is 0 Å². The van der Waals surface area contributed by atoms with Gasteiger partial charge in [0.1, 0.15) is 11.6 Å². The topological polar surface area (TPSA) is 64.1 Å². The fourth-order valence-electron chi connectivity index (χ4n) is 2.02. The van der Waals surface area contributed by atoms with Gasteiger partial charge in [0.05, 0.1) is 12.1 Å². The van der Waals surface area contributed by atoms with Crippen molar-refractivity contribution in [3.05, 3.63) is 64.4 Å². The van der Waals surface area contributed by atoms with Crippen molar-refractivity contribution in [2.45, 2.75) is 10.1 Å². The Morgan fingerprint density at radius 1 is 1.27 bits per heavy atom. The van der Waals surface area contributed by atoms with Gasteiger partial charge in [-0.3, -0.25) is 10.1 Å². The van der Waals surface area contributed by atoms with E-state index in [1.807, 2.05) is 0 Å². The highest BCUT2D eigenvalue weighted by atomic mass is 35.5. The van der Waals surface area contributed by atoms with Crippen LogP contribution >= 0.6 is 34.7 Å². The first-order valence-corrected chi connectivity index (χ1v) is 9.59. The van der Waals surface area contributed by atoms with Gasteiger partial charge in [-0.2, -0.15) is 0 Å². The van der Waals surface area contributed by atoms with Gasteiger partial charge in [0, 0.05) is 11.3 Å². The third kappa shape index (κ3) is 4.72. The monoisotopic (exact) mass is 409 g/mol. The molecule has 0 fully saturated rings. The molecule has 26 heavy (non-hydrogen) atoms. The van der Waals surface area contributed by atoms with Gasteiger partial charge in [-0.05, 0) is 35.9 Å². The standard InChI is InChI=1S/C17H13ClFN3O2S2/c1-24-14-7-4-11(8-13(14)18)15(23)20-16-21-22-17(26-16)25-9-10-2-5-12(19)6-3-10/h2-8H,9H2,1H3,(H,20,21,23). The Hall–Kier alpha value is -2.16. The van der Waals surface area contributed by atoms with E-state index >= 15 is 0 Å². The van der Waals surface area contributed by atoms with Gasteiger partial charge < -0.3 is 4.74 Å². The van der Waals surface area contributed by atoms with Crippen molar-refractivity contribution in [1.29, 1.82) is 0 Å². The van der Waals surface area contributed by atoms with Gasteiger partial charge >= 0.3 is 0 Å². The second kappa shape index (κ2) is 8.48. The summed E-state index contributed by atoms with van der Waals surface area (Å²) < 4.78 is 18.7. The molecule has 0 aliphatic rings. The number of anilines is 1. The molecule has 1 N–H and O–H groups in total. The van der Waals surface area contributed by atoms with E-state index in [4.69, 9.17) is 16.3 Å². The zero-order valence-electron chi connectivity index (χ0n) is 13.5. The molecule has 0 aliphatic heterocycles. The van der Waals surface area contributed by atoms with Crippen LogP contribution in [0.3, 0.4) is 0 Å². The summed E-state index contributed by atoms with van der Waals surface area (Å²) in [6, 6.07) is 11.1. The number of nitrogens with zero attached hydrogens (tertiary/aromatic N) is 2. The maximum Gasteiger partial charge on any atom is 0.257 e. The van der Waals surface area contributed by atoms with Crippen molar-refractivity contribution >= 4 is 45.7 Å². The number of rotatable bonds is 6. The lowest BCUT2D eigenvalue weighted by atomic mass is 10.2. The van der Waals surface area contributed by atoms with Crippen LogP contribution in [0.15, 0.2) is 46.8 Å². The minimum Gasteiger partial charge on any atom is -0.495 e. The highest BCUT2D eigenvalue weighted by Crippen LogP contribution is 2.29. The number of halogens is 2. The molecule has 2 aromatic carbocycles. The van der Waals surface area contributed by atoms with E-state index in [-0.39, 0.29) is 11.7 Å². The highest BCUT2D eigenvalue weighted by molar-refractivity contribution is 8.00. The molecule has 1 amide bonds. The third-order valence-corrected chi connectivity index (χ3v) is 5.65. The Morgan fingerprint density at radius 3 is 2.73 bits per heavy atom. The van der Waals surface area contributed by atoms with E-state index in [9.17, 15) is 9.18 Å². The molecule has 9 heteroatoms. The second-order valence-corrected chi connectivity index (χ2v) is 7.70. The van der Waals surface area contributed by atoms with Gasteiger partial charge in [0.2, 0.25) is 5.13 Å². The summed E-state index contributed by atoms with van der Waals surface area (Å²) in [7, 11) is 1.51. The highest BCUT2D eigenvalue weighted by Gasteiger charge is 2.12. The zero-order valence-corrected chi connectivity index (χ0v) is 15.9. The second-order valence-electron chi connectivity index (χ2n) is 5.09. The number of thioether (sulfide) groups is 1. The molecule has 0 saturated heterocycles. The predicted octanol–water partition coefficient (Wildman–Crippen LogP) is 4.88. The Bertz CT molecular complexity index is 919.